The Hall–Kier alpha value is -1.64. The molecule has 0 spiro atoms. The van der Waals surface area contributed by atoms with Crippen LogP contribution in [0.2, 0.25) is 0 Å². The number of hydrogen-bond acceptors (Lipinski definition) is 2. The van der Waals surface area contributed by atoms with E-state index in [4.69, 9.17) is 0 Å². The van der Waals surface area contributed by atoms with Crippen molar-refractivity contribution in [3.05, 3.63) is 41.2 Å². The van der Waals surface area contributed by atoms with Gasteiger partial charge in [0.15, 0.2) is 0 Å². The van der Waals surface area contributed by atoms with Gasteiger partial charge in [-0.3, -0.25) is 9.78 Å². The molecule has 0 aliphatic rings. The molecule has 80 valence electrons. The molecule has 0 aliphatic heterocycles. The summed E-state index contributed by atoms with van der Waals surface area (Å²) < 4.78 is 0. The van der Waals surface area contributed by atoms with E-state index in [1.165, 1.54) is 0 Å². The topological polar surface area (TPSA) is 42.0 Å². The Morgan fingerprint density at radius 3 is 2.40 bits per heavy atom. The second-order valence-corrected chi connectivity index (χ2v) is 3.66. The smallest absolute Gasteiger partial charge is 0.247 e. The van der Waals surface area contributed by atoms with Gasteiger partial charge in [0, 0.05) is 24.5 Å². The quantitative estimate of drug-likeness (QED) is 0.766. The summed E-state index contributed by atoms with van der Waals surface area (Å²) in [4.78, 5) is 15.5. The fourth-order valence-electron chi connectivity index (χ4n) is 1.04. The fourth-order valence-corrected chi connectivity index (χ4v) is 1.04. The minimum absolute atomic E-state index is 0.00758. The van der Waals surface area contributed by atoms with Gasteiger partial charge in [0.05, 0.1) is 0 Å². The first-order valence-electron chi connectivity index (χ1n) is 4.92. The predicted molar refractivity (Wildman–Crippen MR) is 60.1 cm³/mol. The number of aromatic nitrogens is 1. The third-order valence-corrected chi connectivity index (χ3v) is 2.29. The lowest BCUT2D eigenvalue weighted by Crippen LogP contribution is -2.23. The molecule has 3 heteroatoms. The lowest BCUT2D eigenvalue weighted by atomic mass is 10.1. The molecule has 15 heavy (non-hydrogen) atoms. The van der Waals surface area contributed by atoms with Crippen molar-refractivity contribution in [1.82, 2.24) is 10.3 Å². The molecule has 0 radical (unpaired) electrons. The largest absolute Gasteiger partial charge is 0.348 e. The van der Waals surface area contributed by atoms with Crippen LogP contribution in [0.1, 0.15) is 26.3 Å². The van der Waals surface area contributed by atoms with Crippen LogP contribution in [0, 0.1) is 0 Å². The Bertz CT molecular complexity index is 364. The summed E-state index contributed by atoms with van der Waals surface area (Å²) in [6.45, 7) is 6.24. The molecular weight excluding hydrogens is 188 g/mol. The van der Waals surface area contributed by atoms with Gasteiger partial charge in [0.1, 0.15) is 0 Å². The SMILES string of the molecule is CC(C)=C(C)C(=O)NCc1ccncc1. The normalized spacial score (nSPS) is 9.53. The van der Waals surface area contributed by atoms with Crippen molar-refractivity contribution in [3.8, 4) is 0 Å². The molecule has 1 aromatic rings. The highest BCUT2D eigenvalue weighted by atomic mass is 16.1. The summed E-state index contributed by atoms with van der Waals surface area (Å²) in [6, 6.07) is 3.77. The summed E-state index contributed by atoms with van der Waals surface area (Å²) >= 11 is 0. The summed E-state index contributed by atoms with van der Waals surface area (Å²) in [6.07, 6.45) is 3.44. The maximum atomic E-state index is 11.6. The van der Waals surface area contributed by atoms with Crippen LogP contribution in [0.4, 0.5) is 0 Å². The number of nitrogens with one attached hydrogen (secondary N) is 1. The van der Waals surface area contributed by atoms with Gasteiger partial charge in [0.25, 0.3) is 0 Å². The number of nitrogens with zero attached hydrogens (tertiary/aromatic N) is 1. The second kappa shape index (κ2) is 5.29. The molecular formula is C12H16N2O. The molecule has 0 bridgehead atoms. The van der Waals surface area contributed by atoms with Gasteiger partial charge in [-0.15, -0.1) is 0 Å². The van der Waals surface area contributed by atoms with Crippen molar-refractivity contribution in [2.75, 3.05) is 0 Å². The third kappa shape index (κ3) is 3.54. The number of pyridine rings is 1. The Labute approximate surface area is 90.2 Å². The van der Waals surface area contributed by atoms with E-state index >= 15 is 0 Å². The minimum atomic E-state index is -0.00758. The molecule has 1 heterocycles. The molecule has 0 fully saturated rings. The summed E-state index contributed by atoms with van der Waals surface area (Å²) in [5.74, 6) is -0.00758. The standard InChI is InChI=1S/C12H16N2O/c1-9(2)10(3)12(15)14-8-11-4-6-13-7-5-11/h4-7H,8H2,1-3H3,(H,14,15). The number of carbonyl (C=O) groups is 1. The zero-order valence-corrected chi connectivity index (χ0v) is 9.37. The van der Waals surface area contributed by atoms with Crippen LogP contribution in [0.3, 0.4) is 0 Å². The summed E-state index contributed by atoms with van der Waals surface area (Å²) in [5, 5.41) is 2.86. The van der Waals surface area contributed by atoms with Crippen molar-refractivity contribution < 1.29 is 4.79 Å². The van der Waals surface area contributed by atoms with Gasteiger partial charge in [-0.1, -0.05) is 5.57 Å². The average Bonchev–Trinajstić information content (AvgIpc) is 2.26. The van der Waals surface area contributed by atoms with Gasteiger partial charge >= 0.3 is 0 Å². The Morgan fingerprint density at radius 2 is 1.87 bits per heavy atom. The molecule has 0 saturated heterocycles. The van der Waals surface area contributed by atoms with Crippen molar-refractivity contribution in [2.24, 2.45) is 0 Å². The predicted octanol–water partition coefficient (Wildman–Crippen LogP) is 2.05. The van der Waals surface area contributed by atoms with Crippen LogP contribution < -0.4 is 5.32 Å². The van der Waals surface area contributed by atoms with E-state index in [1.807, 2.05) is 32.9 Å². The summed E-state index contributed by atoms with van der Waals surface area (Å²) in [5.41, 5.74) is 2.88. The first kappa shape index (κ1) is 11.4. The van der Waals surface area contributed by atoms with Gasteiger partial charge in [-0.05, 0) is 38.5 Å². The first-order chi connectivity index (χ1) is 7.11. The van der Waals surface area contributed by atoms with E-state index in [0.29, 0.717) is 6.54 Å². The van der Waals surface area contributed by atoms with Crippen LogP contribution in [0.25, 0.3) is 0 Å². The maximum absolute atomic E-state index is 11.6. The van der Waals surface area contributed by atoms with Crippen LogP contribution in [-0.2, 0) is 11.3 Å². The highest BCUT2D eigenvalue weighted by Crippen LogP contribution is 2.02. The second-order valence-electron chi connectivity index (χ2n) is 3.66. The highest BCUT2D eigenvalue weighted by Gasteiger charge is 2.04. The molecule has 0 aromatic carbocycles. The number of hydrogen-bond donors (Lipinski definition) is 1. The molecule has 1 amide bonds. The van der Waals surface area contributed by atoms with Gasteiger partial charge in [-0.2, -0.15) is 0 Å². The van der Waals surface area contributed by atoms with Crippen molar-refractivity contribution in [3.63, 3.8) is 0 Å². The average molecular weight is 204 g/mol. The van der Waals surface area contributed by atoms with Gasteiger partial charge in [0.2, 0.25) is 5.91 Å². The lowest BCUT2D eigenvalue weighted by molar-refractivity contribution is -0.117. The Kier molecular flexibility index (Phi) is 4.03. The van der Waals surface area contributed by atoms with Crippen molar-refractivity contribution in [1.29, 1.82) is 0 Å². The number of amides is 1. The van der Waals surface area contributed by atoms with Crippen molar-refractivity contribution >= 4 is 5.91 Å². The number of allylic oxidation sites excluding steroid dienone is 1. The molecule has 1 N–H and O–H groups in total. The Morgan fingerprint density at radius 1 is 1.27 bits per heavy atom. The molecule has 1 aromatic heterocycles. The van der Waals surface area contributed by atoms with E-state index in [1.54, 1.807) is 12.4 Å². The van der Waals surface area contributed by atoms with Gasteiger partial charge < -0.3 is 5.32 Å². The van der Waals surface area contributed by atoms with E-state index in [9.17, 15) is 4.79 Å². The van der Waals surface area contributed by atoms with Gasteiger partial charge in [-0.25, -0.2) is 0 Å². The monoisotopic (exact) mass is 204 g/mol. The fraction of sp³-hybridized carbons (Fsp3) is 0.333. The molecule has 3 nitrogen and oxygen atoms in total. The molecule has 0 unspecified atom stereocenters. The van der Waals surface area contributed by atoms with E-state index in [0.717, 1.165) is 16.7 Å². The maximum Gasteiger partial charge on any atom is 0.247 e. The van der Waals surface area contributed by atoms with Crippen LogP contribution in [0.5, 0.6) is 0 Å². The van der Waals surface area contributed by atoms with Crippen LogP contribution in [-0.4, -0.2) is 10.9 Å². The summed E-state index contributed by atoms with van der Waals surface area (Å²) in [7, 11) is 0. The third-order valence-electron chi connectivity index (χ3n) is 2.29. The molecule has 0 saturated carbocycles. The molecule has 0 atom stereocenters. The van der Waals surface area contributed by atoms with E-state index in [2.05, 4.69) is 10.3 Å². The number of carbonyl (C=O) groups excluding carboxylic acids is 1. The zero-order chi connectivity index (χ0) is 11.3. The number of rotatable bonds is 3. The lowest BCUT2D eigenvalue weighted by Gasteiger charge is -2.06. The van der Waals surface area contributed by atoms with E-state index in [-0.39, 0.29) is 5.91 Å². The minimum Gasteiger partial charge on any atom is -0.348 e. The highest BCUT2D eigenvalue weighted by molar-refractivity contribution is 5.93. The van der Waals surface area contributed by atoms with Crippen LogP contribution in [0.15, 0.2) is 35.7 Å². The molecule has 0 aliphatic carbocycles. The first-order valence-corrected chi connectivity index (χ1v) is 4.92. The Balaban J connectivity index is 2.52. The zero-order valence-electron chi connectivity index (χ0n) is 9.37. The molecule has 1 rings (SSSR count). The van der Waals surface area contributed by atoms with E-state index < -0.39 is 0 Å². The van der Waals surface area contributed by atoms with Crippen LogP contribution >= 0.6 is 0 Å². The van der Waals surface area contributed by atoms with Crippen molar-refractivity contribution in [2.45, 2.75) is 27.3 Å².